The quantitative estimate of drug-likeness (QED) is 0.374. The maximum atomic E-state index is 11.4. The average molecular weight is 230 g/mol. The molecule has 76 valence electrons. The third-order valence-corrected chi connectivity index (χ3v) is 2.87. The molecule has 0 atom stereocenters. The lowest BCUT2D eigenvalue weighted by atomic mass is 10.1. The summed E-state index contributed by atoms with van der Waals surface area (Å²) in [5.41, 5.74) is 7.05. The molecule has 0 radical (unpaired) electrons. The van der Waals surface area contributed by atoms with Gasteiger partial charge in [-0.2, -0.15) is 0 Å². The predicted molar refractivity (Wildman–Crippen MR) is 62.3 cm³/mol. The average Bonchev–Trinajstić information content (AvgIpc) is 2.18. The molecule has 0 fully saturated rings. The van der Waals surface area contributed by atoms with Crippen molar-refractivity contribution in [1.82, 2.24) is 0 Å². The largest absolute Gasteiger partial charge is 0.398 e. The van der Waals surface area contributed by atoms with Gasteiger partial charge in [-0.1, -0.05) is 6.07 Å². The molecule has 1 rings (SSSR count). The van der Waals surface area contributed by atoms with Gasteiger partial charge in [0.2, 0.25) is 0 Å². The molecule has 14 heavy (non-hydrogen) atoms. The number of halogens is 1. The summed E-state index contributed by atoms with van der Waals surface area (Å²) in [6.45, 7) is 0. The number of Topliss-reactive ketones (excluding diaryl/α,β-unsaturated/α-hetero) is 1. The summed E-state index contributed by atoms with van der Waals surface area (Å²) < 4.78 is 0. The van der Waals surface area contributed by atoms with Crippen LogP contribution in [0.15, 0.2) is 23.1 Å². The van der Waals surface area contributed by atoms with Crippen molar-refractivity contribution in [3.05, 3.63) is 23.8 Å². The Balaban J connectivity index is 2.91. The topological polar surface area (TPSA) is 43.1 Å². The molecule has 2 nitrogen and oxygen atoms in total. The lowest BCUT2D eigenvalue weighted by Gasteiger charge is -2.04. The van der Waals surface area contributed by atoms with Crippen LogP contribution in [0.4, 0.5) is 5.69 Å². The third kappa shape index (κ3) is 2.66. The number of ketones is 1. The van der Waals surface area contributed by atoms with Crippen molar-refractivity contribution >= 4 is 34.8 Å². The first-order valence-electron chi connectivity index (χ1n) is 4.21. The molecule has 0 aromatic heterocycles. The highest BCUT2D eigenvalue weighted by Crippen LogP contribution is 2.23. The Kier molecular flexibility index (Phi) is 4.29. The fraction of sp³-hybridized carbons (Fsp3) is 0.300. The van der Waals surface area contributed by atoms with E-state index in [0.29, 0.717) is 23.6 Å². The van der Waals surface area contributed by atoms with Crippen LogP contribution in [0.2, 0.25) is 0 Å². The molecule has 0 unspecified atom stereocenters. The van der Waals surface area contributed by atoms with Gasteiger partial charge in [0, 0.05) is 28.4 Å². The van der Waals surface area contributed by atoms with Crippen LogP contribution in [0.25, 0.3) is 0 Å². The first kappa shape index (κ1) is 11.4. The molecule has 0 bridgehead atoms. The lowest BCUT2D eigenvalue weighted by molar-refractivity contribution is 0.0989. The van der Waals surface area contributed by atoms with Gasteiger partial charge >= 0.3 is 0 Å². The number of hydrogen-bond donors (Lipinski definition) is 1. The van der Waals surface area contributed by atoms with Gasteiger partial charge in [0.1, 0.15) is 0 Å². The number of carbonyl (C=O) groups is 1. The summed E-state index contributed by atoms with van der Waals surface area (Å²) in [4.78, 5) is 12.4. The molecule has 0 amide bonds. The highest BCUT2D eigenvalue weighted by atomic mass is 35.5. The van der Waals surface area contributed by atoms with E-state index in [4.69, 9.17) is 17.3 Å². The zero-order valence-corrected chi connectivity index (χ0v) is 9.49. The summed E-state index contributed by atoms with van der Waals surface area (Å²) in [5.74, 6) is 0.391. The SMILES string of the molecule is CSc1ccc(C(=O)CCCl)cc1N. The van der Waals surface area contributed by atoms with Crippen LogP contribution in [0.3, 0.4) is 0 Å². The Morgan fingerprint density at radius 2 is 2.29 bits per heavy atom. The molecule has 0 spiro atoms. The van der Waals surface area contributed by atoms with Crippen molar-refractivity contribution in [2.75, 3.05) is 17.9 Å². The van der Waals surface area contributed by atoms with Gasteiger partial charge in [-0.15, -0.1) is 23.4 Å². The van der Waals surface area contributed by atoms with E-state index in [1.807, 2.05) is 12.3 Å². The molecular formula is C10H12ClNOS. The smallest absolute Gasteiger partial charge is 0.164 e. The normalized spacial score (nSPS) is 10.1. The number of thioether (sulfide) groups is 1. The van der Waals surface area contributed by atoms with Crippen molar-refractivity contribution in [2.24, 2.45) is 0 Å². The van der Waals surface area contributed by atoms with Crippen LogP contribution < -0.4 is 5.73 Å². The highest BCUT2D eigenvalue weighted by Gasteiger charge is 2.06. The lowest BCUT2D eigenvalue weighted by Crippen LogP contribution is -2.01. The first-order valence-corrected chi connectivity index (χ1v) is 5.97. The molecule has 0 aliphatic heterocycles. The Morgan fingerprint density at radius 1 is 1.57 bits per heavy atom. The summed E-state index contributed by atoms with van der Waals surface area (Å²) >= 11 is 7.06. The number of benzene rings is 1. The molecule has 1 aromatic carbocycles. The van der Waals surface area contributed by atoms with E-state index in [1.165, 1.54) is 0 Å². The van der Waals surface area contributed by atoms with Crippen molar-refractivity contribution in [1.29, 1.82) is 0 Å². The van der Waals surface area contributed by atoms with Crippen LogP contribution >= 0.6 is 23.4 Å². The monoisotopic (exact) mass is 229 g/mol. The molecule has 0 saturated heterocycles. The zero-order valence-electron chi connectivity index (χ0n) is 7.92. The number of hydrogen-bond acceptors (Lipinski definition) is 3. The van der Waals surface area contributed by atoms with E-state index in [2.05, 4.69) is 0 Å². The van der Waals surface area contributed by atoms with Crippen molar-refractivity contribution in [3.8, 4) is 0 Å². The maximum Gasteiger partial charge on any atom is 0.164 e. The predicted octanol–water partition coefficient (Wildman–Crippen LogP) is 2.80. The van der Waals surface area contributed by atoms with Crippen LogP contribution in [0, 0.1) is 0 Å². The number of nitrogens with two attached hydrogens (primary N) is 1. The fourth-order valence-electron chi connectivity index (χ4n) is 1.14. The van der Waals surface area contributed by atoms with E-state index >= 15 is 0 Å². The van der Waals surface area contributed by atoms with Crippen LogP contribution in [-0.2, 0) is 0 Å². The van der Waals surface area contributed by atoms with Gasteiger partial charge in [0.25, 0.3) is 0 Å². The van der Waals surface area contributed by atoms with E-state index in [0.717, 1.165) is 4.90 Å². The number of carbonyl (C=O) groups excluding carboxylic acids is 1. The molecule has 0 aliphatic rings. The Morgan fingerprint density at radius 3 is 2.79 bits per heavy atom. The fourth-order valence-corrected chi connectivity index (χ4v) is 1.81. The molecule has 0 saturated carbocycles. The molecule has 1 aromatic rings. The summed E-state index contributed by atoms with van der Waals surface area (Å²) in [5, 5.41) is 0. The molecule has 4 heteroatoms. The Hall–Kier alpha value is -0.670. The molecule has 0 heterocycles. The number of alkyl halides is 1. The second-order valence-corrected chi connectivity index (χ2v) is 4.04. The van der Waals surface area contributed by atoms with Gasteiger partial charge in [-0.05, 0) is 18.4 Å². The van der Waals surface area contributed by atoms with E-state index in [-0.39, 0.29) is 5.78 Å². The van der Waals surface area contributed by atoms with Crippen molar-refractivity contribution < 1.29 is 4.79 Å². The zero-order chi connectivity index (χ0) is 10.6. The number of rotatable bonds is 4. The van der Waals surface area contributed by atoms with Crippen molar-refractivity contribution in [2.45, 2.75) is 11.3 Å². The van der Waals surface area contributed by atoms with Crippen LogP contribution in [0.1, 0.15) is 16.8 Å². The van der Waals surface area contributed by atoms with Gasteiger partial charge in [0.05, 0.1) is 0 Å². The van der Waals surface area contributed by atoms with Gasteiger partial charge in [-0.25, -0.2) is 0 Å². The minimum Gasteiger partial charge on any atom is -0.398 e. The summed E-state index contributed by atoms with van der Waals surface area (Å²) in [6.07, 6.45) is 2.31. The summed E-state index contributed by atoms with van der Waals surface area (Å²) in [7, 11) is 0. The van der Waals surface area contributed by atoms with E-state index in [1.54, 1.807) is 23.9 Å². The number of anilines is 1. The maximum absolute atomic E-state index is 11.4. The van der Waals surface area contributed by atoms with Gasteiger partial charge < -0.3 is 5.73 Å². The molecular weight excluding hydrogens is 218 g/mol. The second-order valence-electron chi connectivity index (χ2n) is 2.82. The minimum atomic E-state index is 0.0411. The minimum absolute atomic E-state index is 0.0411. The van der Waals surface area contributed by atoms with Crippen LogP contribution in [0.5, 0.6) is 0 Å². The third-order valence-electron chi connectivity index (χ3n) is 1.87. The Bertz CT molecular complexity index is 341. The van der Waals surface area contributed by atoms with Gasteiger partial charge in [-0.3, -0.25) is 4.79 Å². The van der Waals surface area contributed by atoms with E-state index in [9.17, 15) is 4.79 Å². The summed E-state index contributed by atoms with van der Waals surface area (Å²) in [6, 6.07) is 5.36. The number of nitrogen functional groups attached to an aromatic ring is 1. The van der Waals surface area contributed by atoms with Crippen LogP contribution in [-0.4, -0.2) is 17.9 Å². The van der Waals surface area contributed by atoms with Gasteiger partial charge in [0.15, 0.2) is 5.78 Å². The molecule has 0 aliphatic carbocycles. The first-order chi connectivity index (χ1) is 6.69. The Labute approximate surface area is 92.8 Å². The second kappa shape index (κ2) is 5.27. The van der Waals surface area contributed by atoms with E-state index < -0.39 is 0 Å². The standard InChI is InChI=1S/C10H12ClNOS/c1-14-10-3-2-7(6-8(10)12)9(13)4-5-11/h2-3,6H,4-5,12H2,1H3. The highest BCUT2D eigenvalue weighted by molar-refractivity contribution is 7.98. The molecule has 2 N–H and O–H groups in total. The van der Waals surface area contributed by atoms with Crippen molar-refractivity contribution in [3.63, 3.8) is 0 Å².